The summed E-state index contributed by atoms with van der Waals surface area (Å²) in [7, 11) is 0. The molecule has 0 radical (unpaired) electrons. The van der Waals surface area contributed by atoms with Gasteiger partial charge in [0.05, 0.1) is 5.41 Å². The summed E-state index contributed by atoms with van der Waals surface area (Å²) < 4.78 is 6.63. The van der Waals surface area contributed by atoms with Crippen LogP contribution in [0.15, 0.2) is 146 Å². The van der Waals surface area contributed by atoms with Crippen molar-refractivity contribution in [3.63, 3.8) is 0 Å². The fourth-order valence-corrected chi connectivity index (χ4v) is 7.17. The molecule has 1 aromatic heterocycles. The Morgan fingerprint density at radius 2 is 1.18 bits per heavy atom. The van der Waals surface area contributed by atoms with Gasteiger partial charge in [0, 0.05) is 28.2 Å². The number of nitrogens with zero attached hydrogens (tertiary/aromatic N) is 3. The molecule has 0 fully saturated rings. The first kappa shape index (κ1) is 24.9. The van der Waals surface area contributed by atoms with Crippen molar-refractivity contribution in [3.8, 4) is 45.4 Å². The molecule has 5 aromatic carbocycles. The summed E-state index contributed by atoms with van der Waals surface area (Å²) in [6.45, 7) is 0. The molecule has 3 aliphatic rings. The number of benzene rings is 5. The van der Waals surface area contributed by atoms with Gasteiger partial charge in [0.15, 0.2) is 11.6 Å². The van der Waals surface area contributed by atoms with Gasteiger partial charge in [0.1, 0.15) is 17.3 Å². The van der Waals surface area contributed by atoms with Gasteiger partial charge in [0.25, 0.3) is 0 Å². The van der Waals surface area contributed by atoms with E-state index in [4.69, 9.17) is 19.7 Å². The molecule has 1 atom stereocenters. The van der Waals surface area contributed by atoms with Crippen molar-refractivity contribution >= 4 is 0 Å². The zero-order valence-electron chi connectivity index (χ0n) is 23.9. The third-order valence-corrected chi connectivity index (χ3v) is 9.10. The molecule has 0 amide bonds. The van der Waals surface area contributed by atoms with Gasteiger partial charge in [-0.2, -0.15) is 0 Å². The molecule has 1 spiro atoms. The quantitative estimate of drug-likeness (QED) is 0.214. The predicted molar refractivity (Wildman–Crippen MR) is 174 cm³/mol. The van der Waals surface area contributed by atoms with Crippen molar-refractivity contribution in [2.24, 2.45) is 0 Å². The number of hydrogen-bond acceptors (Lipinski definition) is 4. The average Bonchev–Trinajstić information content (AvgIpc) is 3.40. The Morgan fingerprint density at radius 1 is 0.545 bits per heavy atom. The molecule has 2 heterocycles. The summed E-state index contributed by atoms with van der Waals surface area (Å²) in [6.07, 6.45) is 9.36. The lowest BCUT2D eigenvalue weighted by Gasteiger charge is -2.39. The molecule has 208 valence electrons. The standard InChI is InChI=1S/C40H27N3O/c1-3-13-26(14-4-1)37-41-38(27-15-5-2-6-16-27)43-39(42-37)28-23-24-36-34(25-28)40(33-21-11-12-22-35(33)44-36)31-19-9-7-17-29(31)30-18-8-10-20-32(30)40/h1-15,17-25,27H,16H2. The molecule has 9 rings (SSSR count). The van der Waals surface area contributed by atoms with Gasteiger partial charge in [-0.25, -0.2) is 15.0 Å². The molecule has 0 saturated carbocycles. The number of fused-ring (bicyclic) bond motifs is 9. The molecule has 0 N–H and O–H groups in total. The summed E-state index contributed by atoms with van der Waals surface area (Å²) in [5.41, 5.74) is 8.62. The van der Waals surface area contributed by atoms with Crippen molar-refractivity contribution in [1.29, 1.82) is 0 Å². The SMILES string of the molecule is C1=CCC(c2nc(-c3ccccc3)nc(-c3ccc4c(c3)C3(c5ccccc5O4)c4ccccc4-c4ccccc43)n2)C=C1. The zero-order chi connectivity index (χ0) is 29.1. The first-order valence-corrected chi connectivity index (χ1v) is 15.1. The predicted octanol–water partition coefficient (Wildman–Crippen LogP) is 9.27. The molecule has 0 saturated heterocycles. The van der Waals surface area contributed by atoms with Crippen molar-refractivity contribution in [2.75, 3.05) is 0 Å². The average molecular weight is 566 g/mol. The number of ether oxygens (including phenoxy) is 1. The van der Waals surface area contributed by atoms with Crippen LogP contribution < -0.4 is 4.74 Å². The third-order valence-electron chi connectivity index (χ3n) is 9.10. The van der Waals surface area contributed by atoms with Gasteiger partial charge in [-0.05, 0) is 52.9 Å². The highest BCUT2D eigenvalue weighted by Crippen LogP contribution is 2.62. The van der Waals surface area contributed by atoms with E-state index in [1.54, 1.807) is 0 Å². The van der Waals surface area contributed by atoms with Gasteiger partial charge < -0.3 is 4.74 Å². The molecule has 2 aliphatic carbocycles. The fraction of sp³-hybridized carbons (Fsp3) is 0.0750. The topological polar surface area (TPSA) is 47.9 Å². The highest BCUT2D eigenvalue weighted by Gasteiger charge is 2.51. The molecule has 0 bridgehead atoms. The zero-order valence-corrected chi connectivity index (χ0v) is 23.9. The van der Waals surface area contributed by atoms with Crippen LogP contribution in [0.25, 0.3) is 33.9 Å². The largest absolute Gasteiger partial charge is 0.457 e. The fourth-order valence-electron chi connectivity index (χ4n) is 7.17. The highest BCUT2D eigenvalue weighted by atomic mass is 16.5. The molecule has 1 aliphatic heterocycles. The van der Waals surface area contributed by atoms with E-state index >= 15 is 0 Å². The minimum absolute atomic E-state index is 0.0944. The number of allylic oxidation sites excluding steroid dienone is 4. The first-order chi connectivity index (χ1) is 21.8. The van der Waals surface area contributed by atoms with Crippen LogP contribution in [0.2, 0.25) is 0 Å². The molecule has 44 heavy (non-hydrogen) atoms. The number of para-hydroxylation sites is 1. The number of hydrogen-bond donors (Lipinski definition) is 0. The lowest BCUT2D eigenvalue weighted by molar-refractivity contribution is 0.436. The van der Waals surface area contributed by atoms with Gasteiger partial charge in [-0.3, -0.25) is 0 Å². The second-order valence-electron chi connectivity index (χ2n) is 11.5. The second kappa shape index (κ2) is 9.72. The molecule has 4 heteroatoms. The highest BCUT2D eigenvalue weighted by molar-refractivity contribution is 5.89. The van der Waals surface area contributed by atoms with Crippen LogP contribution >= 0.6 is 0 Å². The van der Waals surface area contributed by atoms with E-state index in [2.05, 4.69) is 121 Å². The molecule has 1 unspecified atom stereocenters. The maximum absolute atomic E-state index is 6.63. The van der Waals surface area contributed by atoms with Crippen LogP contribution in [0.1, 0.15) is 40.4 Å². The normalized spacial score (nSPS) is 16.5. The molecule has 4 nitrogen and oxygen atoms in total. The lowest BCUT2D eigenvalue weighted by atomic mass is 9.66. The Balaban J connectivity index is 1.31. The van der Waals surface area contributed by atoms with Gasteiger partial charge in [0.2, 0.25) is 0 Å². The van der Waals surface area contributed by atoms with E-state index in [9.17, 15) is 0 Å². The van der Waals surface area contributed by atoms with Crippen molar-refractivity contribution in [1.82, 2.24) is 15.0 Å². The first-order valence-electron chi connectivity index (χ1n) is 15.1. The van der Waals surface area contributed by atoms with Crippen LogP contribution in [-0.2, 0) is 5.41 Å². The molecular formula is C40H27N3O. The van der Waals surface area contributed by atoms with E-state index in [1.165, 1.54) is 22.3 Å². The minimum Gasteiger partial charge on any atom is -0.457 e. The Bertz CT molecular complexity index is 2100. The van der Waals surface area contributed by atoms with E-state index in [-0.39, 0.29) is 5.92 Å². The number of rotatable bonds is 3. The Kier molecular flexibility index (Phi) is 5.51. The van der Waals surface area contributed by atoms with Gasteiger partial charge in [-0.1, -0.05) is 121 Å². The van der Waals surface area contributed by atoms with E-state index in [1.807, 2.05) is 24.3 Å². The Morgan fingerprint density at radius 3 is 1.91 bits per heavy atom. The molecular weight excluding hydrogens is 538 g/mol. The Hall–Kier alpha value is -5.61. The molecule has 6 aromatic rings. The Labute approximate surface area is 256 Å². The minimum atomic E-state index is -0.539. The lowest BCUT2D eigenvalue weighted by Crippen LogP contribution is -2.32. The summed E-state index contributed by atoms with van der Waals surface area (Å²) in [4.78, 5) is 15.1. The van der Waals surface area contributed by atoms with Crippen LogP contribution in [0.5, 0.6) is 11.5 Å². The summed E-state index contributed by atoms with van der Waals surface area (Å²) >= 11 is 0. The van der Waals surface area contributed by atoms with Crippen molar-refractivity contribution in [3.05, 3.63) is 174 Å². The monoisotopic (exact) mass is 565 g/mol. The summed E-state index contributed by atoms with van der Waals surface area (Å²) in [5, 5.41) is 0. The third kappa shape index (κ3) is 3.61. The van der Waals surface area contributed by atoms with E-state index in [0.29, 0.717) is 11.6 Å². The van der Waals surface area contributed by atoms with Gasteiger partial charge >= 0.3 is 0 Å². The van der Waals surface area contributed by atoms with Crippen LogP contribution in [0.4, 0.5) is 0 Å². The van der Waals surface area contributed by atoms with E-state index in [0.717, 1.165) is 46.0 Å². The van der Waals surface area contributed by atoms with Crippen molar-refractivity contribution in [2.45, 2.75) is 17.8 Å². The summed E-state index contributed by atoms with van der Waals surface area (Å²) in [5.74, 6) is 3.94. The van der Waals surface area contributed by atoms with Crippen LogP contribution in [-0.4, -0.2) is 15.0 Å². The second-order valence-corrected chi connectivity index (χ2v) is 11.5. The maximum atomic E-state index is 6.63. The summed E-state index contributed by atoms with van der Waals surface area (Å²) in [6, 6.07) is 42.6. The van der Waals surface area contributed by atoms with Crippen LogP contribution in [0, 0.1) is 0 Å². The maximum Gasteiger partial charge on any atom is 0.163 e. The van der Waals surface area contributed by atoms with Crippen LogP contribution in [0.3, 0.4) is 0 Å². The van der Waals surface area contributed by atoms with Crippen molar-refractivity contribution < 1.29 is 4.74 Å². The van der Waals surface area contributed by atoms with Gasteiger partial charge in [-0.15, -0.1) is 0 Å². The smallest absolute Gasteiger partial charge is 0.163 e. The number of aromatic nitrogens is 3. The van der Waals surface area contributed by atoms with E-state index < -0.39 is 5.41 Å².